The number of aromatic hydroxyl groups is 2. The Morgan fingerprint density at radius 2 is 1.47 bits per heavy atom. The van der Waals surface area contributed by atoms with Gasteiger partial charge in [0.15, 0.2) is 4.98 Å². The Morgan fingerprint density at radius 3 is 2.03 bits per heavy atom. The van der Waals surface area contributed by atoms with Crippen LogP contribution in [0.25, 0.3) is 15.7 Å². The maximum atomic E-state index is 13.3. The molecule has 4 aromatic rings. The van der Waals surface area contributed by atoms with Gasteiger partial charge in [0.2, 0.25) is 5.39 Å². The highest BCUT2D eigenvalue weighted by Crippen LogP contribution is 2.42. The van der Waals surface area contributed by atoms with Gasteiger partial charge in [0.05, 0.1) is 6.61 Å². The lowest BCUT2D eigenvalue weighted by Gasteiger charge is -2.31. The van der Waals surface area contributed by atoms with Crippen molar-refractivity contribution >= 4 is 26.6 Å². The second-order valence-electron chi connectivity index (χ2n) is 7.95. The van der Waals surface area contributed by atoms with Crippen molar-refractivity contribution in [2.45, 2.75) is 17.2 Å². The van der Waals surface area contributed by atoms with E-state index in [0.717, 1.165) is 0 Å². The summed E-state index contributed by atoms with van der Waals surface area (Å²) in [6, 6.07) is 19.5. The molecule has 0 amide bonds. The Kier molecular flexibility index (Phi) is 5.87. The number of benzene rings is 4. The van der Waals surface area contributed by atoms with Gasteiger partial charge < -0.3 is 15.3 Å². The SMILES string of the molecule is CC(COS(=O)(=O)c1cccc2c([O-])c([N+]#N)ccc12)(c1ccccc1O)c1ccccc1O. The number of rotatable bonds is 6. The molecule has 2 N–H and O–H groups in total. The third kappa shape index (κ3) is 3.90. The van der Waals surface area contributed by atoms with Crippen LogP contribution in [0.4, 0.5) is 5.69 Å². The Labute approximate surface area is 196 Å². The van der Waals surface area contributed by atoms with E-state index in [1.807, 2.05) is 0 Å². The van der Waals surface area contributed by atoms with Gasteiger partial charge in [-0.25, -0.2) is 0 Å². The highest BCUT2D eigenvalue weighted by Gasteiger charge is 2.36. The third-order valence-corrected chi connectivity index (χ3v) is 7.15. The number of hydrogen-bond donors (Lipinski definition) is 2. The van der Waals surface area contributed by atoms with Gasteiger partial charge in [-0.3, -0.25) is 4.18 Å². The number of fused-ring (bicyclic) bond motifs is 1. The van der Waals surface area contributed by atoms with Crippen LogP contribution in [0.2, 0.25) is 0 Å². The molecule has 0 saturated carbocycles. The number of phenols is 2. The van der Waals surface area contributed by atoms with Crippen molar-refractivity contribution in [1.29, 1.82) is 5.39 Å². The van der Waals surface area contributed by atoms with Crippen LogP contribution in [0.1, 0.15) is 18.1 Å². The Hall–Kier alpha value is -4.13. The number of phenolic OH excluding ortho intramolecular Hbond substituents is 2. The molecule has 34 heavy (non-hydrogen) atoms. The van der Waals surface area contributed by atoms with Gasteiger partial charge in [-0.2, -0.15) is 8.42 Å². The fraction of sp³-hybridized carbons (Fsp3) is 0.120. The molecule has 4 aromatic carbocycles. The summed E-state index contributed by atoms with van der Waals surface area (Å²) in [4.78, 5) is 2.69. The molecular formula is C25H20N2O6S. The molecule has 4 rings (SSSR count). The lowest BCUT2D eigenvalue weighted by Crippen LogP contribution is -2.31. The fourth-order valence-electron chi connectivity index (χ4n) is 4.03. The smallest absolute Gasteiger partial charge is 0.378 e. The number of para-hydroxylation sites is 2. The second kappa shape index (κ2) is 8.67. The van der Waals surface area contributed by atoms with Crippen LogP contribution in [0.5, 0.6) is 17.2 Å². The molecule has 0 radical (unpaired) electrons. The molecular weight excluding hydrogens is 456 g/mol. The summed E-state index contributed by atoms with van der Waals surface area (Å²) in [6.07, 6.45) is 0. The van der Waals surface area contributed by atoms with E-state index >= 15 is 0 Å². The Morgan fingerprint density at radius 1 is 0.882 bits per heavy atom. The van der Waals surface area contributed by atoms with Gasteiger partial charge in [0.1, 0.15) is 16.4 Å². The highest BCUT2D eigenvalue weighted by molar-refractivity contribution is 7.87. The first-order chi connectivity index (χ1) is 16.2. The molecule has 0 fully saturated rings. The Balaban J connectivity index is 1.80. The van der Waals surface area contributed by atoms with Crippen molar-refractivity contribution in [3.05, 3.63) is 95.0 Å². The maximum absolute atomic E-state index is 13.3. The summed E-state index contributed by atoms with van der Waals surface area (Å²) in [5.41, 5.74) is -0.739. The lowest BCUT2D eigenvalue weighted by atomic mass is 9.76. The molecule has 0 spiro atoms. The minimum Gasteiger partial charge on any atom is -0.867 e. The number of hydrogen-bond acceptors (Lipinski definition) is 7. The normalized spacial score (nSPS) is 11.9. The quantitative estimate of drug-likeness (QED) is 0.308. The largest absolute Gasteiger partial charge is 0.867 e. The first-order valence-corrected chi connectivity index (χ1v) is 11.6. The van der Waals surface area contributed by atoms with Crippen LogP contribution in [0.3, 0.4) is 0 Å². The van der Waals surface area contributed by atoms with E-state index in [1.165, 1.54) is 42.5 Å². The van der Waals surface area contributed by atoms with Crippen LogP contribution in [-0.2, 0) is 19.7 Å². The van der Waals surface area contributed by atoms with Gasteiger partial charge in [0.25, 0.3) is 10.1 Å². The summed E-state index contributed by atoms with van der Waals surface area (Å²) >= 11 is 0. The van der Waals surface area contributed by atoms with Crippen molar-refractivity contribution < 1.29 is 27.9 Å². The monoisotopic (exact) mass is 476 g/mol. The summed E-state index contributed by atoms with van der Waals surface area (Å²) in [6.45, 7) is 1.20. The zero-order valence-electron chi connectivity index (χ0n) is 18.0. The van der Waals surface area contributed by atoms with E-state index in [0.29, 0.717) is 11.1 Å². The van der Waals surface area contributed by atoms with E-state index in [9.17, 15) is 23.7 Å². The molecule has 0 unspecified atom stereocenters. The van der Waals surface area contributed by atoms with Crippen molar-refractivity contribution in [2.75, 3.05) is 6.61 Å². The van der Waals surface area contributed by atoms with E-state index in [4.69, 9.17) is 9.58 Å². The molecule has 0 aromatic heterocycles. The minimum atomic E-state index is -4.39. The maximum Gasteiger partial charge on any atom is 0.378 e. The molecule has 9 heteroatoms. The zero-order valence-corrected chi connectivity index (χ0v) is 18.9. The molecule has 0 aliphatic heterocycles. The van der Waals surface area contributed by atoms with Crippen molar-refractivity contribution in [2.24, 2.45) is 0 Å². The molecule has 0 aliphatic rings. The predicted octanol–water partition coefficient (Wildman–Crippen LogP) is 4.52. The van der Waals surface area contributed by atoms with Gasteiger partial charge in [-0.05, 0) is 42.3 Å². The van der Waals surface area contributed by atoms with Gasteiger partial charge in [-0.15, -0.1) is 0 Å². The highest BCUT2D eigenvalue weighted by atomic mass is 32.2. The topological polar surface area (TPSA) is 135 Å². The first-order valence-electron chi connectivity index (χ1n) is 10.2. The molecule has 0 atom stereocenters. The van der Waals surface area contributed by atoms with Crippen LogP contribution < -0.4 is 5.11 Å². The van der Waals surface area contributed by atoms with Crippen LogP contribution in [-0.4, -0.2) is 25.2 Å². The fourth-order valence-corrected chi connectivity index (χ4v) is 5.24. The number of nitrogens with zero attached hydrogens (tertiary/aromatic N) is 2. The second-order valence-corrected chi connectivity index (χ2v) is 9.53. The number of diazo groups is 1. The van der Waals surface area contributed by atoms with Crippen molar-refractivity contribution in [1.82, 2.24) is 0 Å². The molecule has 0 heterocycles. The lowest BCUT2D eigenvalue weighted by molar-refractivity contribution is -0.264. The summed E-state index contributed by atoms with van der Waals surface area (Å²) in [5, 5.41) is 42.6. The van der Waals surface area contributed by atoms with Crippen LogP contribution in [0.15, 0.2) is 83.8 Å². The van der Waals surface area contributed by atoms with Gasteiger partial charge in [0, 0.05) is 28.0 Å². The standard InChI is InChI=1S/C25H20N2O6S/c1-25(18-8-2-4-10-21(18)28,19-9-3-5-11-22(19)29)15-33-34(31,32)23-12-6-7-17-16(23)13-14-20(27-26)24(17)30/h2-14H,15H2,1H3,(H2-,28,29,30). The average Bonchev–Trinajstić information content (AvgIpc) is 2.83. The summed E-state index contributed by atoms with van der Waals surface area (Å²) < 4.78 is 32.0. The molecule has 0 saturated heterocycles. The van der Waals surface area contributed by atoms with Crippen LogP contribution >= 0.6 is 0 Å². The Bertz CT molecular complexity index is 1500. The minimum absolute atomic E-state index is 0.0594. The van der Waals surface area contributed by atoms with E-state index < -0.39 is 27.9 Å². The third-order valence-electron chi connectivity index (χ3n) is 5.83. The molecule has 172 valence electrons. The summed E-state index contributed by atoms with van der Waals surface area (Å²) in [5.74, 6) is -0.795. The van der Waals surface area contributed by atoms with Gasteiger partial charge in [-0.1, -0.05) is 48.5 Å². The van der Waals surface area contributed by atoms with Crippen LogP contribution in [0, 0.1) is 5.39 Å². The van der Waals surface area contributed by atoms with Crippen molar-refractivity contribution in [3.8, 4) is 17.2 Å². The van der Waals surface area contributed by atoms with E-state index in [-0.39, 0.29) is 32.9 Å². The molecule has 8 nitrogen and oxygen atoms in total. The molecule has 0 bridgehead atoms. The van der Waals surface area contributed by atoms with E-state index in [1.54, 1.807) is 43.3 Å². The van der Waals surface area contributed by atoms with Gasteiger partial charge >= 0.3 is 5.69 Å². The average molecular weight is 477 g/mol. The first kappa shape index (κ1) is 23.0. The zero-order chi connectivity index (χ0) is 24.5. The molecule has 0 aliphatic carbocycles. The van der Waals surface area contributed by atoms with E-state index in [2.05, 4.69) is 4.98 Å². The van der Waals surface area contributed by atoms with Crippen molar-refractivity contribution in [3.63, 3.8) is 0 Å². The summed E-state index contributed by atoms with van der Waals surface area (Å²) in [7, 11) is -4.39. The predicted molar refractivity (Wildman–Crippen MR) is 124 cm³/mol.